The summed E-state index contributed by atoms with van der Waals surface area (Å²) in [5.41, 5.74) is 1.87. The monoisotopic (exact) mass is 302 g/mol. The Labute approximate surface area is 132 Å². The first kappa shape index (κ1) is 15.3. The molecule has 5 nitrogen and oxygen atoms in total. The fraction of sp³-hybridized carbons (Fsp3) is 0.706. The van der Waals surface area contributed by atoms with Crippen molar-refractivity contribution in [2.45, 2.75) is 58.4 Å². The van der Waals surface area contributed by atoms with Gasteiger partial charge in [-0.25, -0.2) is 4.98 Å². The van der Waals surface area contributed by atoms with Crippen LogP contribution in [0.25, 0.3) is 0 Å². The maximum absolute atomic E-state index is 12.4. The van der Waals surface area contributed by atoms with Crippen LogP contribution >= 0.6 is 0 Å². The zero-order valence-electron chi connectivity index (χ0n) is 13.6. The highest BCUT2D eigenvalue weighted by atomic mass is 16.2. The van der Waals surface area contributed by atoms with Crippen LogP contribution in [-0.2, 0) is 4.79 Å². The quantitative estimate of drug-likeness (QED) is 0.932. The van der Waals surface area contributed by atoms with E-state index in [1.807, 2.05) is 13.8 Å². The number of nitrogens with one attached hydrogen (secondary N) is 1. The van der Waals surface area contributed by atoms with E-state index in [1.165, 1.54) is 12.8 Å². The molecule has 120 valence electrons. The molecule has 1 aliphatic heterocycles. The number of aromatic nitrogens is 2. The third-order valence-corrected chi connectivity index (χ3v) is 4.93. The Balaban J connectivity index is 1.53. The molecule has 1 saturated carbocycles. The van der Waals surface area contributed by atoms with E-state index in [2.05, 4.69) is 20.2 Å². The van der Waals surface area contributed by atoms with Crippen molar-refractivity contribution < 1.29 is 4.79 Å². The van der Waals surface area contributed by atoms with Crippen LogP contribution in [0.15, 0.2) is 6.20 Å². The number of hydrogen-bond donors (Lipinski definition) is 1. The molecule has 1 saturated heterocycles. The van der Waals surface area contributed by atoms with Crippen LogP contribution < -0.4 is 5.32 Å². The Hall–Kier alpha value is -1.65. The molecule has 0 radical (unpaired) electrons. The summed E-state index contributed by atoms with van der Waals surface area (Å²) in [5.74, 6) is 1.58. The molecule has 3 rings (SSSR count). The van der Waals surface area contributed by atoms with Crippen molar-refractivity contribution in [3.05, 3.63) is 17.6 Å². The van der Waals surface area contributed by atoms with E-state index in [1.54, 1.807) is 6.20 Å². The van der Waals surface area contributed by atoms with Crippen LogP contribution in [0, 0.1) is 19.8 Å². The van der Waals surface area contributed by atoms with Crippen molar-refractivity contribution in [1.29, 1.82) is 0 Å². The van der Waals surface area contributed by atoms with Crippen molar-refractivity contribution in [2.24, 2.45) is 5.92 Å². The number of anilines is 1. The Bertz CT molecular complexity index is 531. The van der Waals surface area contributed by atoms with Crippen molar-refractivity contribution in [3.8, 4) is 0 Å². The minimum atomic E-state index is 0.300. The average Bonchev–Trinajstić information content (AvgIpc) is 3.05. The van der Waals surface area contributed by atoms with Crippen molar-refractivity contribution in [3.63, 3.8) is 0 Å². The molecule has 0 spiro atoms. The lowest BCUT2D eigenvalue weighted by atomic mass is 10.0. The van der Waals surface area contributed by atoms with Crippen LogP contribution in [0.4, 0.5) is 5.82 Å². The molecule has 1 aromatic heterocycles. The molecule has 2 fully saturated rings. The molecule has 1 aliphatic carbocycles. The normalized spacial score (nSPS) is 20.4. The summed E-state index contributed by atoms with van der Waals surface area (Å²) in [6.45, 7) is 5.67. The maximum atomic E-state index is 12.4. The van der Waals surface area contributed by atoms with Crippen molar-refractivity contribution in [2.75, 3.05) is 18.4 Å². The fourth-order valence-corrected chi connectivity index (χ4v) is 3.54. The highest BCUT2D eigenvalue weighted by Crippen LogP contribution is 2.28. The van der Waals surface area contributed by atoms with Crippen LogP contribution in [0.2, 0.25) is 0 Å². The molecule has 0 unspecified atom stereocenters. The third-order valence-electron chi connectivity index (χ3n) is 4.93. The van der Waals surface area contributed by atoms with Gasteiger partial charge in [-0.3, -0.25) is 9.78 Å². The van der Waals surface area contributed by atoms with Crippen molar-refractivity contribution in [1.82, 2.24) is 14.9 Å². The summed E-state index contributed by atoms with van der Waals surface area (Å²) in [7, 11) is 0. The van der Waals surface area contributed by atoms with Gasteiger partial charge in [0.1, 0.15) is 5.82 Å². The Morgan fingerprint density at radius 3 is 2.55 bits per heavy atom. The summed E-state index contributed by atoms with van der Waals surface area (Å²) >= 11 is 0. The first-order valence-corrected chi connectivity index (χ1v) is 8.49. The Kier molecular flexibility index (Phi) is 4.60. The summed E-state index contributed by atoms with van der Waals surface area (Å²) < 4.78 is 0. The van der Waals surface area contributed by atoms with Crippen LogP contribution in [0.1, 0.15) is 49.9 Å². The first-order valence-electron chi connectivity index (χ1n) is 8.49. The van der Waals surface area contributed by atoms with E-state index in [9.17, 15) is 4.79 Å². The lowest BCUT2D eigenvalue weighted by Gasteiger charge is -2.34. The summed E-state index contributed by atoms with van der Waals surface area (Å²) in [5, 5.41) is 3.51. The molecule has 2 heterocycles. The van der Waals surface area contributed by atoms with Gasteiger partial charge in [-0.05, 0) is 39.5 Å². The minimum absolute atomic E-state index is 0.300. The van der Waals surface area contributed by atoms with E-state index in [0.717, 1.165) is 56.0 Å². The molecule has 1 amide bonds. The van der Waals surface area contributed by atoms with Gasteiger partial charge in [-0.15, -0.1) is 0 Å². The number of rotatable bonds is 3. The van der Waals surface area contributed by atoms with E-state index in [0.29, 0.717) is 17.9 Å². The number of likely N-dealkylation sites (tertiary alicyclic amines) is 1. The SMILES string of the molecule is Cc1cnc(C)c(NC2CCN(C(=O)C3CCCC3)CC2)n1. The number of carbonyl (C=O) groups is 1. The second-order valence-electron chi connectivity index (χ2n) is 6.67. The molecule has 2 aliphatic rings. The minimum Gasteiger partial charge on any atom is -0.366 e. The van der Waals surface area contributed by atoms with E-state index >= 15 is 0 Å². The van der Waals surface area contributed by atoms with E-state index < -0.39 is 0 Å². The Morgan fingerprint density at radius 2 is 1.86 bits per heavy atom. The third kappa shape index (κ3) is 3.39. The fourth-order valence-electron chi connectivity index (χ4n) is 3.54. The maximum Gasteiger partial charge on any atom is 0.225 e. The summed E-state index contributed by atoms with van der Waals surface area (Å²) in [6, 6.07) is 0.391. The second kappa shape index (κ2) is 6.63. The smallest absolute Gasteiger partial charge is 0.225 e. The van der Waals surface area contributed by atoms with Gasteiger partial charge in [-0.1, -0.05) is 12.8 Å². The summed E-state index contributed by atoms with van der Waals surface area (Å²) in [6.07, 6.45) is 8.41. The Morgan fingerprint density at radius 1 is 1.18 bits per heavy atom. The molecule has 0 atom stereocenters. The predicted octanol–water partition coefficient (Wildman–Crippen LogP) is 2.69. The lowest BCUT2D eigenvalue weighted by Crippen LogP contribution is -2.44. The molecule has 5 heteroatoms. The predicted molar refractivity (Wildman–Crippen MR) is 86.7 cm³/mol. The van der Waals surface area contributed by atoms with Gasteiger partial charge in [0.2, 0.25) is 5.91 Å². The standard InChI is InChI=1S/C17H26N4O/c1-12-11-18-13(2)16(19-12)20-15-7-9-21(10-8-15)17(22)14-5-3-4-6-14/h11,14-15H,3-10H2,1-2H3,(H,19,20). The highest BCUT2D eigenvalue weighted by Gasteiger charge is 2.30. The van der Waals surface area contributed by atoms with Crippen LogP contribution in [0.5, 0.6) is 0 Å². The van der Waals surface area contributed by atoms with Gasteiger partial charge < -0.3 is 10.2 Å². The van der Waals surface area contributed by atoms with Gasteiger partial charge >= 0.3 is 0 Å². The van der Waals surface area contributed by atoms with Gasteiger partial charge in [0.15, 0.2) is 0 Å². The van der Waals surface area contributed by atoms with Gasteiger partial charge in [0, 0.05) is 31.2 Å². The molecule has 22 heavy (non-hydrogen) atoms. The number of nitrogens with zero attached hydrogens (tertiary/aromatic N) is 3. The van der Waals surface area contributed by atoms with Gasteiger partial charge in [0.25, 0.3) is 0 Å². The molecule has 1 N–H and O–H groups in total. The molecular weight excluding hydrogens is 276 g/mol. The molecule has 0 bridgehead atoms. The number of amides is 1. The molecular formula is C17H26N4O. The van der Waals surface area contributed by atoms with E-state index in [4.69, 9.17) is 0 Å². The second-order valence-corrected chi connectivity index (χ2v) is 6.67. The topological polar surface area (TPSA) is 58.1 Å². The van der Waals surface area contributed by atoms with E-state index in [-0.39, 0.29) is 0 Å². The first-order chi connectivity index (χ1) is 10.6. The number of hydrogen-bond acceptors (Lipinski definition) is 4. The number of piperidine rings is 1. The van der Waals surface area contributed by atoms with Gasteiger partial charge in [0.05, 0.1) is 11.4 Å². The largest absolute Gasteiger partial charge is 0.366 e. The molecule has 1 aromatic rings. The number of aryl methyl sites for hydroxylation is 2. The lowest BCUT2D eigenvalue weighted by molar-refractivity contribution is -0.136. The summed E-state index contributed by atoms with van der Waals surface area (Å²) in [4.78, 5) is 23.4. The van der Waals surface area contributed by atoms with Crippen LogP contribution in [0.3, 0.4) is 0 Å². The zero-order valence-corrected chi connectivity index (χ0v) is 13.6. The zero-order chi connectivity index (χ0) is 15.5. The molecule has 0 aromatic carbocycles. The number of carbonyl (C=O) groups excluding carboxylic acids is 1. The van der Waals surface area contributed by atoms with Gasteiger partial charge in [-0.2, -0.15) is 0 Å². The average molecular weight is 302 g/mol. The highest BCUT2D eigenvalue weighted by molar-refractivity contribution is 5.79. The van der Waals surface area contributed by atoms with Crippen molar-refractivity contribution >= 4 is 11.7 Å². The van der Waals surface area contributed by atoms with Crippen LogP contribution in [-0.4, -0.2) is 39.9 Å².